The lowest BCUT2D eigenvalue weighted by Gasteiger charge is -2.63. The van der Waals surface area contributed by atoms with Crippen LogP contribution in [0.15, 0.2) is 0 Å². The van der Waals surface area contributed by atoms with Gasteiger partial charge in [-0.15, -0.1) is 0 Å². The average Bonchev–Trinajstić information content (AvgIpc) is 3.08. The number of hydrogen-bond acceptors (Lipinski definition) is 3. The Morgan fingerprint density at radius 1 is 1.00 bits per heavy atom. The molecule has 190 valence electrons. The van der Waals surface area contributed by atoms with Crippen LogP contribution in [-0.4, -0.2) is 23.3 Å². The van der Waals surface area contributed by atoms with E-state index in [0.29, 0.717) is 23.2 Å². The second kappa shape index (κ2) is 9.47. The summed E-state index contributed by atoms with van der Waals surface area (Å²) in [4.78, 5) is 12.3. The first-order valence-electron chi connectivity index (χ1n) is 14.3. The first-order valence-corrected chi connectivity index (χ1v) is 14.3. The van der Waals surface area contributed by atoms with Crippen molar-refractivity contribution in [2.45, 2.75) is 125 Å². The van der Waals surface area contributed by atoms with E-state index < -0.39 is 0 Å². The molecular formula is C30H52O3. The first kappa shape index (κ1) is 25.5. The summed E-state index contributed by atoms with van der Waals surface area (Å²) in [5.74, 6) is 5.45. The van der Waals surface area contributed by atoms with Crippen molar-refractivity contribution >= 4 is 5.97 Å². The number of hydrogen-bond donors (Lipinski definition) is 1. The van der Waals surface area contributed by atoms with Crippen molar-refractivity contribution in [2.24, 2.45) is 58.2 Å². The van der Waals surface area contributed by atoms with Gasteiger partial charge in [0.1, 0.15) is 6.10 Å². The van der Waals surface area contributed by atoms with Gasteiger partial charge in [-0.05, 0) is 104 Å². The van der Waals surface area contributed by atoms with Gasteiger partial charge >= 0.3 is 5.97 Å². The molecule has 0 heterocycles. The zero-order valence-electron chi connectivity index (χ0n) is 22.6. The summed E-state index contributed by atoms with van der Waals surface area (Å²) in [6, 6.07) is 0. The second-order valence-electron chi connectivity index (χ2n) is 13.8. The number of rotatable bonds is 6. The van der Waals surface area contributed by atoms with E-state index in [4.69, 9.17) is 4.74 Å². The van der Waals surface area contributed by atoms with Crippen LogP contribution in [0.25, 0.3) is 0 Å². The summed E-state index contributed by atoms with van der Waals surface area (Å²) >= 11 is 0. The average molecular weight is 461 g/mol. The molecule has 0 unspecified atom stereocenters. The van der Waals surface area contributed by atoms with Crippen molar-refractivity contribution in [1.29, 1.82) is 0 Å². The molecule has 4 fully saturated rings. The molecule has 0 aliphatic heterocycles. The molecule has 3 heteroatoms. The molecule has 4 aliphatic carbocycles. The van der Waals surface area contributed by atoms with Crippen LogP contribution in [0, 0.1) is 58.2 Å². The van der Waals surface area contributed by atoms with Crippen molar-refractivity contribution in [1.82, 2.24) is 0 Å². The molecule has 0 aromatic rings. The maximum absolute atomic E-state index is 12.3. The molecule has 3 nitrogen and oxygen atoms in total. The maximum Gasteiger partial charge on any atom is 0.302 e. The van der Waals surface area contributed by atoms with Gasteiger partial charge < -0.3 is 9.84 Å². The minimum Gasteiger partial charge on any atom is -0.462 e. The SMILES string of the molecule is CC(=O)O[C@@H]1C[C@]2(C)[C@H](CC[C@@H]2[C@H](C)CC[C@H](C)C(C)C)[C@@H]2CC[C@H]3C[C@H](O)CC[C@]3(C)[C@@H]21. The van der Waals surface area contributed by atoms with Gasteiger partial charge in [0.05, 0.1) is 6.10 Å². The van der Waals surface area contributed by atoms with Gasteiger partial charge in [0.2, 0.25) is 0 Å². The van der Waals surface area contributed by atoms with E-state index in [2.05, 4.69) is 41.5 Å². The number of aliphatic hydroxyl groups is 1. The molecule has 0 saturated heterocycles. The largest absolute Gasteiger partial charge is 0.462 e. The molecular weight excluding hydrogens is 408 g/mol. The molecule has 4 rings (SSSR count). The van der Waals surface area contributed by atoms with Gasteiger partial charge in [0.15, 0.2) is 0 Å². The number of fused-ring (bicyclic) bond motifs is 5. The molecule has 11 atom stereocenters. The van der Waals surface area contributed by atoms with Gasteiger partial charge in [-0.25, -0.2) is 0 Å². The van der Waals surface area contributed by atoms with Crippen LogP contribution in [0.5, 0.6) is 0 Å². The van der Waals surface area contributed by atoms with Gasteiger partial charge in [0.25, 0.3) is 0 Å². The molecule has 4 aliphatic rings. The Hall–Kier alpha value is -0.570. The molecule has 4 saturated carbocycles. The molecule has 1 N–H and O–H groups in total. The van der Waals surface area contributed by atoms with E-state index in [1.54, 1.807) is 6.92 Å². The van der Waals surface area contributed by atoms with Crippen LogP contribution in [0.3, 0.4) is 0 Å². The molecule has 0 radical (unpaired) electrons. The zero-order valence-corrected chi connectivity index (χ0v) is 22.6. The van der Waals surface area contributed by atoms with Gasteiger partial charge in [-0.2, -0.15) is 0 Å². The van der Waals surface area contributed by atoms with E-state index in [1.807, 2.05) is 0 Å². The lowest BCUT2D eigenvalue weighted by molar-refractivity contribution is -0.199. The summed E-state index contributed by atoms with van der Waals surface area (Å²) in [7, 11) is 0. The van der Waals surface area contributed by atoms with Gasteiger partial charge in [-0.1, -0.05) is 54.4 Å². The Labute approximate surface area is 203 Å². The highest BCUT2D eigenvalue weighted by Gasteiger charge is 2.64. The summed E-state index contributed by atoms with van der Waals surface area (Å²) in [5, 5.41) is 10.4. The smallest absolute Gasteiger partial charge is 0.302 e. The van der Waals surface area contributed by atoms with E-state index in [9.17, 15) is 9.90 Å². The third-order valence-electron chi connectivity index (χ3n) is 11.8. The molecule has 0 aromatic carbocycles. The summed E-state index contributed by atoms with van der Waals surface area (Å²) in [6.07, 6.45) is 11.8. The topological polar surface area (TPSA) is 46.5 Å². The minimum atomic E-state index is -0.134. The lowest BCUT2D eigenvalue weighted by Crippen LogP contribution is -2.60. The predicted octanol–water partition coefficient (Wildman–Crippen LogP) is 7.26. The van der Waals surface area contributed by atoms with Crippen molar-refractivity contribution in [3.8, 4) is 0 Å². The van der Waals surface area contributed by atoms with Crippen molar-refractivity contribution < 1.29 is 14.6 Å². The van der Waals surface area contributed by atoms with E-state index in [1.165, 1.54) is 38.5 Å². The number of aliphatic hydroxyl groups excluding tert-OH is 1. The Bertz CT molecular complexity index is 703. The van der Waals surface area contributed by atoms with Crippen LogP contribution in [0.2, 0.25) is 0 Å². The van der Waals surface area contributed by atoms with Gasteiger partial charge in [0, 0.05) is 12.8 Å². The Morgan fingerprint density at radius 3 is 2.39 bits per heavy atom. The van der Waals surface area contributed by atoms with Crippen LogP contribution >= 0.6 is 0 Å². The highest BCUT2D eigenvalue weighted by Crippen LogP contribution is 2.68. The first-order chi connectivity index (χ1) is 15.5. The fraction of sp³-hybridized carbons (Fsp3) is 0.967. The lowest BCUT2D eigenvalue weighted by atomic mass is 9.43. The predicted molar refractivity (Wildman–Crippen MR) is 135 cm³/mol. The number of ether oxygens (including phenoxy) is 1. The van der Waals surface area contributed by atoms with E-state index in [-0.39, 0.29) is 23.6 Å². The van der Waals surface area contributed by atoms with E-state index >= 15 is 0 Å². The van der Waals surface area contributed by atoms with Crippen LogP contribution in [0.4, 0.5) is 0 Å². The number of esters is 1. The standard InChI is InChI=1S/C30H52O3/c1-18(2)19(3)8-9-20(4)25-12-13-26-24-11-10-22-16-23(32)14-15-29(22,6)28(24)27(33-21(5)31)17-30(25,26)7/h18-20,22-28,32H,8-17H2,1-7H3/t19-,20+,22-,23+,24-,25+,26+,27+,28-,29-,30-/m0/s1. The third-order valence-corrected chi connectivity index (χ3v) is 11.8. The third kappa shape index (κ3) is 4.54. The fourth-order valence-corrected chi connectivity index (χ4v) is 9.68. The van der Waals surface area contributed by atoms with Crippen LogP contribution in [-0.2, 0) is 9.53 Å². The van der Waals surface area contributed by atoms with Gasteiger partial charge in [-0.3, -0.25) is 4.79 Å². The molecule has 0 bridgehead atoms. The normalized spacial score (nSPS) is 46.8. The van der Waals surface area contributed by atoms with Crippen molar-refractivity contribution in [2.75, 3.05) is 0 Å². The fourth-order valence-electron chi connectivity index (χ4n) is 9.68. The molecule has 0 spiro atoms. The zero-order chi connectivity index (χ0) is 24.1. The quantitative estimate of drug-likeness (QED) is 0.424. The highest BCUT2D eigenvalue weighted by atomic mass is 16.5. The summed E-state index contributed by atoms with van der Waals surface area (Å²) in [5.41, 5.74) is 0.499. The molecule has 0 aromatic heterocycles. The Morgan fingerprint density at radius 2 is 1.73 bits per heavy atom. The minimum absolute atomic E-state index is 0.0548. The number of carbonyl (C=O) groups excluding carboxylic acids is 1. The molecule has 33 heavy (non-hydrogen) atoms. The van der Waals surface area contributed by atoms with Crippen molar-refractivity contribution in [3.05, 3.63) is 0 Å². The summed E-state index contributed by atoms with van der Waals surface area (Å²) in [6.45, 7) is 16.3. The molecule has 0 amide bonds. The second-order valence-corrected chi connectivity index (χ2v) is 13.8. The maximum atomic E-state index is 12.3. The monoisotopic (exact) mass is 460 g/mol. The van der Waals surface area contributed by atoms with E-state index in [0.717, 1.165) is 55.3 Å². The van der Waals surface area contributed by atoms with Crippen LogP contribution < -0.4 is 0 Å². The number of carbonyl (C=O) groups is 1. The Kier molecular flexibility index (Phi) is 7.33. The summed E-state index contributed by atoms with van der Waals surface area (Å²) < 4.78 is 6.23. The Balaban J connectivity index is 1.59. The highest BCUT2D eigenvalue weighted by molar-refractivity contribution is 5.66. The van der Waals surface area contributed by atoms with Crippen molar-refractivity contribution in [3.63, 3.8) is 0 Å². The van der Waals surface area contributed by atoms with Crippen LogP contribution in [0.1, 0.15) is 113 Å².